The van der Waals surface area contributed by atoms with Crippen molar-refractivity contribution in [3.05, 3.63) is 29.8 Å². The molecule has 1 aromatic carbocycles. The predicted octanol–water partition coefficient (Wildman–Crippen LogP) is 3.33. The summed E-state index contributed by atoms with van der Waals surface area (Å²) in [5, 5.41) is 3.39. The standard InChI is InChI=1S/C21H35N3O3.HI/c1-18-7-4-5-8-20(18)27-16-12-24(3)21(22-2)23-11-6-13-26-17-19-9-14-25-15-10-19;/h4-5,7-8,19H,6,9-17H2,1-3H3,(H,22,23);1H. The molecule has 0 saturated carbocycles. The van der Waals surface area contributed by atoms with Gasteiger partial charge in [0.2, 0.25) is 0 Å². The third kappa shape index (κ3) is 9.43. The van der Waals surface area contributed by atoms with E-state index in [1.165, 1.54) is 0 Å². The van der Waals surface area contributed by atoms with Crippen LogP contribution in [0.15, 0.2) is 29.3 Å². The number of nitrogens with one attached hydrogen (secondary N) is 1. The van der Waals surface area contributed by atoms with Gasteiger partial charge in [0.25, 0.3) is 0 Å². The Balaban J connectivity index is 0.00000392. The van der Waals surface area contributed by atoms with Crippen molar-refractivity contribution in [2.45, 2.75) is 26.2 Å². The van der Waals surface area contributed by atoms with Crippen molar-refractivity contribution in [3.8, 4) is 5.75 Å². The van der Waals surface area contributed by atoms with Gasteiger partial charge in [0.15, 0.2) is 5.96 Å². The maximum atomic E-state index is 5.86. The van der Waals surface area contributed by atoms with Crippen molar-refractivity contribution >= 4 is 29.9 Å². The molecule has 0 spiro atoms. The van der Waals surface area contributed by atoms with E-state index in [4.69, 9.17) is 14.2 Å². The first-order valence-electron chi connectivity index (χ1n) is 9.96. The van der Waals surface area contributed by atoms with Gasteiger partial charge in [0.05, 0.1) is 6.54 Å². The van der Waals surface area contributed by atoms with Crippen LogP contribution in [0.25, 0.3) is 0 Å². The number of aryl methyl sites for hydroxylation is 1. The molecular formula is C21H36IN3O3. The van der Waals surface area contributed by atoms with E-state index in [1.807, 2.05) is 32.3 Å². The summed E-state index contributed by atoms with van der Waals surface area (Å²) in [6.45, 7) is 7.70. The third-order valence-electron chi connectivity index (χ3n) is 4.79. The van der Waals surface area contributed by atoms with Crippen LogP contribution in [0.4, 0.5) is 0 Å². The number of benzene rings is 1. The number of nitrogens with zero attached hydrogens (tertiary/aromatic N) is 2. The molecule has 0 atom stereocenters. The number of guanidine groups is 1. The van der Waals surface area contributed by atoms with Gasteiger partial charge in [0, 0.05) is 47.1 Å². The van der Waals surface area contributed by atoms with Gasteiger partial charge >= 0.3 is 0 Å². The Kier molecular flexibility index (Phi) is 13.3. The van der Waals surface area contributed by atoms with Crippen molar-refractivity contribution in [1.29, 1.82) is 0 Å². The topological polar surface area (TPSA) is 55.3 Å². The van der Waals surface area contributed by atoms with E-state index in [0.717, 1.165) is 76.1 Å². The summed E-state index contributed by atoms with van der Waals surface area (Å²) in [6, 6.07) is 8.08. The van der Waals surface area contributed by atoms with Crippen LogP contribution in [0.1, 0.15) is 24.8 Å². The van der Waals surface area contributed by atoms with Crippen LogP contribution in [0.5, 0.6) is 5.75 Å². The fourth-order valence-electron chi connectivity index (χ4n) is 3.04. The molecule has 1 heterocycles. The highest BCUT2D eigenvalue weighted by molar-refractivity contribution is 14.0. The van der Waals surface area contributed by atoms with E-state index in [2.05, 4.69) is 28.2 Å². The number of hydrogen-bond donors (Lipinski definition) is 1. The molecule has 1 fully saturated rings. The molecule has 0 bridgehead atoms. The number of rotatable bonds is 10. The number of likely N-dealkylation sites (N-methyl/N-ethyl adjacent to an activating group) is 1. The summed E-state index contributed by atoms with van der Waals surface area (Å²) in [6.07, 6.45) is 3.22. The first kappa shape index (κ1) is 25.0. The van der Waals surface area contributed by atoms with Gasteiger partial charge in [-0.25, -0.2) is 0 Å². The Hall–Kier alpha value is -1.06. The number of halogens is 1. The molecule has 0 radical (unpaired) electrons. The highest BCUT2D eigenvalue weighted by Crippen LogP contribution is 2.16. The number of hydrogen-bond acceptors (Lipinski definition) is 4. The SMILES string of the molecule is CN=C(NCCCOCC1CCOCC1)N(C)CCOc1ccccc1C.I. The molecule has 160 valence electrons. The molecule has 0 amide bonds. The molecule has 1 aromatic rings. The van der Waals surface area contributed by atoms with E-state index in [1.54, 1.807) is 0 Å². The summed E-state index contributed by atoms with van der Waals surface area (Å²) in [4.78, 5) is 6.43. The van der Waals surface area contributed by atoms with Gasteiger partial charge in [-0.3, -0.25) is 4.99 Å². The summed E-state index contributed by atoms with van der Waals surface area (Å²) >= 11 is 0. The molecule has 0 unspecified atom stereocenters. The monoisotopic (exact) mass is 505 g/mol. The Morgan fingerprint density at radius 1 is 1.25 bits per heavy atom. The second-order valence-corrected chi connectivity index (χ2v) is 6.99. The lowest BCUT2D eigenvalue weighted by molar-refractivity contribution is 0.0203. The molecule has 0 aliphatic carbocycles. The van der Waals surface area contributed by atoms with Crippen LogP contribution in [0, 0.1) is 12.8 Å². The fraction of sp³-hybridized carbons (Fsp3) is 0.667. The lowest BCUT2D eigenvalue weighted by Gasteiger charge is -2.23. The second kappa shape index (κ2) is 14.9. The van der Waals surface area contributed by atoms with Gasteiger partial charge in [-0.05, 0) is 43.7 Å². The van der Waals surface area contributed by atoms with Gasteiger partial charge < -0.3 is 24.4 Å². The molecule has 7 heteroatoms. The molecule has 2 rings (SSSR count). The highest BCUT2D eigenvalue weighted by atomic mass is 127. The minimum absolute atomic E-state index is 0. The van der Waals surface area contributed by atoms with Crippen LogP contribution in [0.3, 0.4) is 0 Å². The summed E-state index contributed by atoms with van der Waals surface area (Å²) < 4.78 is 17.0. The molecular weight excluding hydrogens is 469 g/mol. The Morgan fingerprint density at radius 2 is 2.00 bits per heavy atom. The minimum atomic E-state index is 0. The van der Waals surface area contributed by atoms with Gasteiger partial charge in [-0.1, -0.05) is 18.2 Å². The van der Waals surface area contributed by atoms with Crippen LogP contribution in [-0.4, -0.2) is 71.1 Å². The third-order valence-corrected chi connectivity index (χ3v) is 4.79. The Bertz CT molecular complexity index is 566. The van der Waals surface area contributed by atoms with Crippen molar-refractivity contribution in [2.24, 2.45) is 10.9 Å². The van der Waals surface area contributed by atoms with Crippen molar-refractivity contribution in [2.75, 3.05) is 60.2 Å². The van der Waals surface area contributed by atoms with Crippen LogP contribution >= 0.6 is 24.0 Å². The number of ether oxygens (including phenoxy) is 3. The maximum absolute atomic E-state index is 5.86. The minimum Gasteiger partial charge on any atom is -0.491 e. The van der Waals surface area contributed by atoms with Crippen molar-refractivity contribution < 1.29 is 14.2 Å². The lowest BCUT2D eigenvalue weighted by atomic mass is 10.0. The summed E-state index contributed by atoms with van der Waals surface area (Å²) in [5.74, 6) is 2.49. The molecule has 1 N–H and O–H groups in total. The van der Waals surface area contributed by atoms with Crippen LogP contribution < -0.4 is 10.1 Å². The largest absolute Gasteiger partial charge is 0.491 e. The molecule has 6 nitrogen and oxygen atoms in total. The molecule has 28 heavy (non-hydrogen) atoms. The average molecular weight is 505 g/mol. The quantitative estimate of drug-likeness (QED) is 0.229. The Labute approximate surface area is 187 Å². The van der Waals surface area contributed by atoms with Crippen LogP contribution in [-0.2, 0) is 9.47 Å². The predicted molar refractivity (Wildman–Crippen MR) is 125 cm³/mol. The maximum Gasteiger partial charge on any atom is 0.193 e. The lowest BCUT2D eigenvalue weighted by Crippen LogP contribution is -2.41. The molecule has 1 aliphatic rings. The van der Waals surface area contributed by atoms with E-state index < -0.39 is 0 Å². The molecule has 0 aromatic heterocycles. The Morgan fingerprint density at radius 3 is 2.71 bits per heavy atom. The number of para-hydroxylation sites is 1. The normalized spacial score (nSPS) is 15.0. The first-order chi connectivity index (χ1) is 13.2. The number of aliphatic imine (C=N–C) groups is 1. The van der Waals surface area contributed by atoms with E-state index >= 15 is 0 Å². The molecule has 1 aliphatic heterocycles. The fourth-order valence-corrected chi connectivity index (χ4v) is 3.04. The van der Waals surface area contributed by atoms with Crippen molar-refractivity contribution in [3.63, 3.8) is 0 Å². The van der Waals surface area contributed by atoms with E-state index in [0.29, 0.717) is 12.5 Å². The first-order valence-corrected chi connectivity index (χ1v) is 9.96. The smallest absolute Gasteiger partial charge is 0.193 e. The summed E-state index contributed by atoms with van der Waals surface area (Å²) in [7, 11) is 3.83. The second-order valence-electron chi connectivity index (χ2n) is 6.99. The van der Waals surface area contributed by atoms with Gasteiger partial charge in [0.1, 0.15) is 12.4 Å². The van der Waals surface area contributed by atoms with Crippen LogP contribution in [0.2, 0.25) is 0 Å². The zero-order chi connectivity index (χ0) is 19.3. The zero-order valence-corrected chi connectivity index (χ0v) is 19.8. The summed E-state index contributed by atoms with van der Waals surface area (Å²) in [5.41, 5.74) is 1.16. The average Bonchev–Trinajstić information content (AvgIpc) is 2.69. The highest BCUT2D eigenvalue weighted by Gasteiger charge is 2.13. The van der Waals surface area contributed by atoms with Gasteiger partial charge in [-0.15, -0.1) is 24.0 Å². The van der Waals surface area contributed by atoms with E-state index in [9.17, 15) is 0 Å². The zero-order valence-electron chi connectivity index (χ0n) is 17.5. The molecule has 1 saturated heterocycles. The van der Waals surface area contributed by atoms with Crippen molar-refractivity contribution in [1.82, 2.24) is 10.2 Å². The van der Waals surface area contributed by atoms with E-state index in [-0.39, 0.29) is 24.0 Å². The van der Waals surface area contributed by atoms with Gasteiger partial charge in [-0.2, -0.15) is 0 Å².